The molecule has 0 amide bonds. The van der Waals surface area contributed by atoms with E-state index in [4.69, 9.17) is 4.74 Å². The van der Waals surface area contributed by atoms with Gasteiger partial charge in [0.25, 0.3) is 0 Å². The number of rotatable bonds is 7. The van der Waals surface area contributed by atoms with Gasteiger partial charge in [0.2, 0.25) is 0 Å². The predicted octanol–water partition coefficient (Wildman–Crippen LogP) is 4.38. The van der Waals surface area contributed by atoms with Gasteiger partial charge in [0.05, 0.1) is 18.8 Å². The summed E-state index contributed by atoms with van der Waals surface area (Å²) < 4.78 is 6.03. The van der Waals surface area contributed by atoms with E-state index < -0.39 is 6.10 Å². The van der Waals surface area contributed by atoms with Crippen molar-refractivity contribution in [2.24, 2.45) is 16.7 Å². The third-order valence-corrected chi connectivity index (χ3v) is 4.66. The van der Waals surface area contributed by atoms with Crippen LogP contribution in [0.15, 0.2) is 0 Å². The van der Waals surface area contributed by atoms with Crippen LogP contribution in [0.2, 0.25) is 0 Å². The quantitative estimate of drug-likeness (QED) is 0.729. The highest BCUT2D eigenvalue weighted by Gasteiger charge is 2.33. The van der Waals surface area contributed by atoms with Crippen molar-refractivity contribution < 1.29 is 9.84 Å². The Morgan fingerprint density at radius 1 is 1.17 bits per heavy atom. The van der Waals surface area contributed by atoms with Gasteiger partial charge in [-0.3, -0.25) is 0 Å². The van der Waals surface area contributed by atoms with Crippen molar-refractivity contribution in [3.63, 3.8) is 0 Å². The van der Waals surface area contributed by atoms with Gasteiger partial charge in [-0.15, -0.1) is 0 Å². The molecule has 0 aliphatic heterocycles. The first kappa shape index (κ1) is 20.9. The summed E-state index contributed by atoms with van der Waals surface area (Å²) in [6.45, 7) is 19.2. The van der Waals surface area contributed by atoms with Gasteiger partial charge in [-0.05, 0) is 56.3 Å². The van der Waals surface area contributed by atoms with Crippen LogP contribution in [0.5, 0.6) is 0 Å². The fraction of sp³-hybridized carbons (Fsp3) is 1.00. The Bertz CT molecular complexity index is 357. The van der Waals surface area contributed by atoms with E-state index in [1.807, 2.05) is 0 Å². The second kappa shape index (κ2) is 7.84. The second-order valence-corrected chi connectivity index (χ2v) is 10.5. The average Bonchev–Trinajstić information content (AvgIpc) is 2.28. The molecule has 1 aliphatic rings. The van der Waals surface area contributed by atoms with Gasteiger partial charge in [-0.2, -0.15) is 0 Å². The van der Waals surface area contributed by atoms with Crippen molar-refractivity contribution >= 4 is 0 Å². The van der Waals surface area contributed by atoms with Crippen LogP contribution in [-0.2, 0) is 4.74 Å². The van der Waals surface area contributed by atoms with Crippen molar-refractivity contribution in [2.45, 2.75) is 98.8 Å². The third kappa shape index (κ3) is 9.07. The molecule has 0 aromatic carbocycles. The van der Waals surface area contributed by atoms with Crippen LogP contribution >= 0.6 is 0 Å². The predicted molar refractivity (Wildman–Crippen MR) is 98.7 cm³/mol. The lowest BCUT2D eigenvalue weighted by molar-refractivity contribution is -0.0561. The number of hydrogen-bond donors (Lipinski definition) is 2. The number of ether oxygens (including phenoxy) is 1. The molecule has 3 nitrogen and oxygen atoms in total. The molecule has 0 heterocycles. The number of β-amino-alcohol motifs (C(OH)–C–C–N with tert-alkyl or cyclic N) is 1. The lowest BCUT2D eigenvalue weighted by atomic mass is 9.71. The smallest absolute Gasteiger partial charge is 0.0898 e. The number of aliphatic hydroxyl groups excluding tert-OH is 1. The first-order valence-electron chi connectivity index (χ1n) is 9.33. The van der Waals surface area contributed by atoms with E-state index in [0.717, 1.165) is 19.3 Å². The van der Waals surface area contributed by atoms with Crippen LogP contribution in [0.1, 0.15) is 81.1 Å². The molecule has 1 saturated carbocycles. The van der Waals surface area contributed by atoms with Gasteiger partial charge < -0.3 is 15.2 Å². The van der Waals surface area contributed by atoms with Crippen molar-refractivity contribution in [2.75, 3.05) is 13.2 Å². The molecule has 0 aromatic heterocycles. The monoisotopic (exact) mass is 327 g/mol. The minimum atomic E-state index is -0.436. The molecule has 0 radical (unpaired) electrons. The minimum absolute atomic E-state index is 0.0283. The standard InChI is InChI=1S/C20H41NO2/c1-15-9-17(11-19(5,6)10-15)23-13-16(22)12-21-20(7,8)14-18(2,3)4/h15-17,21-22H,9-14H2,1-8H3/t15-,16-,17-/m1/s1. The van der Waals surface area contributed by atoms with E-state index >= 15 is 0 Å². The molecule has 1 fully saturated rings. The van der Waals surface area contributed by atoms with Crippen molar-refractivity contribution in [1.29, 1.82) is 0 Å². The zero-order valence-electron chi connectivity index (χ0n) is 16.8. The molecule has 1 rings (SSSR count). The lowest BCUT2D eigenvalue weighted by Crippen LogP contribution is -2.46. The van der Waals surface area contributed by atoms with Crippen LogP contribution in [0.3, 0.4) is 0 Å². The summed E-state index contributed by atoms with van der Waals surface area (Å²) in [4.78, 5) is 0. The molecule has 0 unspecified atom stereocenters. The van der Waals surface area contributed by atoms with Crippen LogP contribution in [0.4, 0.5) is 0 Å². The summed E-state index contributed by atoms with van der Waals surface area (Å²) in [5.41, 5.74) is 0.669. The molecule has 138 valence electrons. The highest BCUT2D eigenvalue weighted by atomic mass is 16.5. The maximum absolute atomic E-state index is 10.2. The maximum Gasteiger partial charge on any atom is 0.0898 e. The van der Waals surface area contributed by atoms with Gasteiger partial charge in [-0.1, -0.05) is 41.5 Å². The van der Waals surface area contributed by atoms with Gasteiger partial charge in [0.1, 0.15) is 0 Å². The highest BCUT2D eigenvalue weighted by molar-refractivity contribution is 4.85. The number of nitrogens with one attached hydrogen (secondary N) is 1. The van der Waals surface area contributed by atoms with Crippen LogP contribution < -0.4 is 5.32 Å². The molecule has 2 N–H and O–H groups in total. The number of aliphatic hydroxyl groups is 1. The van der Waals surface area contributed by atoms with Crippen LogP contribution in [0, 0.1) is 16.7 Å². The number of hydrogen-bond acceptors (Lipinski definition) is 3. The summed E-state index contributed by atoms with van der Waals surface area (Å²) in [7, 11) is 0. The maximum atomic E-state index is 10.2. The normalized spacial score (nSPS) is 27.0. The van der Waals surface area contributed by atoms with Gasteiger partial charge >= 0.3 is 0 Å². The molecular formula is C20H41NO2. The van der Waals surface area contributed by atoms with Crippen molar-refractivity contribution in [1.82, 2.24) is 5.32 Å². The molecule has 3 heteroatoms. The first-order chi connectivity index (χ1) is 10.3. The van der Waals surface area contributed by atoms with E-state index in [1.54, 1.807) is 0 Å². The van der Waals surface area contributed by atoms with Crippen LogP contribution in [-0.4, -0.2) is 36.0 Å². The zero-order chi connectivity index (χ0) is 17.9. The summed E-state index contributed by atoms with van der Waals surface area (Å²) in [6.07, 6.45) is 4.44. The van der Waals surface area contributed by atoms with Crippen LogP contribution in [0.25, 0.3) is 0 Å². The Balaban J connectivity index is 2.33. The first-order valence-corrected chi connectivity index (χ1v) is 9.33. The van der Waals surface area contributed by atoms with Gasteiger partial charge in [0.15, 0.2) is 0 Å². The summed E-state index contributed by atoms with van der Waals surface area (Å²) in [5, 5.41) is 13.7. The molecule has 23 heavy (non-hydrogen) atoms. The molecule has 3 atom stereocenters. The Labute approximate surface area is 144 Å². The Hall–Kier alpha value is -0.120. The van der Waals surface area contributed by atoms with Crippen molar-refractivity contribution in [3.8, 4) is 0 Å². The summed E-state index contributed by atoms with van der Waals surface area (Å²) in [5.74, 6) is 0.713. The minimum Gasteiger partial charge on any atom is -0.389 e. The second-order valence-electron chi connectivity index (χ2n) is 10.5. The summed E-state index contributed by atoms with van der Waals surface area (Å²) >= 11 is 0. The SMILES string of the molecule is C[C@@H]1C[C@@H](OC[C@H](O)CNC(C)(C)CC(C)(C)C)CC(C)(C)C1. The summed E-state index contributed by atoms with van der Waals surface area (Å²) in [6, 6.07) is 0. The molecule has 0 spiro atoms. The third-order valence-electron chi connectivity index (χ3n) is 4.66. The van der Waals surface area contributed by atoms with E-state index in [0.29, 0.717) is 30.6 Å². The average molecular weight is 328 g/mol. The zero-order valence-corrected chi connectivity index (χ0v) is 16.8. The van der Waals surface area contributed by atoms with E-state index in [2.05, 4.69) is 60.7 Å². The Morgan fingerprint density at radius 3 is 2.30 bits per heavy atom. The Kier molecular flexibility index (Phi) is 7.13. The highest BCUT2D eigenvalue weighted by Crippen LogP contribution is 2.39. The van der Waals surface area contributed by atoms with Gasteiger partial charge in [-0.25, -0.2) is 0 Å². The largest absolute Gasteiger partial charge is 0.389 e. The molecular weight excluding hydrogens is 286 g/mol. The topological polar surface area (TPSA) is 41.5 Å². The molecule has 0 saturated heterocycles. The molecule has 0 bridgehead atoms. The molecule has 0 aromatic rings. The van der Waals surface area contributed by atoms with E-state index in [1.165, 1.54) is 6.42 Å². The Morgan fingerprint density at radius 2 is 1.78 bits per heavy atom. The molecule has 1 aliphatic carbocycles. The lowest BCUT2D eigenvalue weighted by Gasteiger charge is -2.39. The fourth-order valence-corrected chi connectivity index (χ4v) is 4.47. The van der Waals surface area contributed by atoms with E-state index in [9.17, 15) is 5.11 Å². The fourth-order valence-electron chi connectivity index (χ4n) is 4.47. The van der Waals surface area contributed by atoms with Crippen molar-refractivity contribution in [3.05, 3.63) is 0 Å². The van der Waals surface area contributed by atoms with E-state index in [-0.39, 0.29) is 11.0 Å². The van der Waals surface area contributed by atoms with Gasteiger partial charge in [0, 0.05) is 12.1 Å².